The van der Waals surface area contributed by atoms with Crippen LogP contribution in [-0.2, 0) is 9.59 Å². The second-order valence-corrected chi connectivity index (χ2v) is 7.41. The molecule has 1 N–H and O–H groups in total. The van der Waals surface area contributed by atoms with Gasteiger partial charge in [0, 0.05) is 11.1 Å². The number of nitrogens with zero attached hydrogens (tertiary/aromatic N) is 1. The van der Waals surface area contributed by atoms with Crippen molar-refractivity contribution in [1.29, 1.82) is 0 Å². The minimum atomic E-state index is -1.52. The summed E-state index contributed by atoms with van der Waals surface area (Å²) >= 11 is 4.13. The average Bonchev–Trinajstić information content (AvgIpc) is 2.82. The van der Waals surface area contributed by atoms with Crippen LogP contribution in [0.5, 0.6) is 0 Å². The van der Waals surface area contributed by atoms with Crippen LogP contribution in [0, 0.1) is 5.82 Å². The van der Waals surface area contributed by atoms with E-state index in [1.165, 1.54) is 31.2 Å². The highest BCUT2D eigenvalue weighted by molar-refractivity contribution is 9.10. The van der Waals surface area contributed by atoms with Crippen LogP contribution >= 0.6 is 27.7 Å². The first-order chi connectivity index (χ1) is 11.8. The normalized spacial score (nSPS) is 20.0. The number of hydrogen-bond donors (Lipinski definition) is 1. The van der Waals surface area contributed by atoms with Crippen LogP contribution in [0.2, 0.25) is 0 Å². The molecule has 25 heavy (non-hydrogen) atoms. The molecule has 1 atom stereocenters. The lowest BCUT2D eigenvalue weighted by Crippen LogP contribution is -2.54. The summed E-state index contributed by atoms with van der Waals surface area (Å²) in [6.45, 7) is 1.41. The Balaban J connectivity index is 1.92. The van der Waals surface area contributed by atoms with Gasteiger partial charge in [-0.3, -0.25) is 14.4 Å². The molecule has 1 amide bonds. The van der Waals surface area contributed by atoms with Crippen molar-refractivity contribution in [3.05, 3.63) is 52.4 Å². The molecular formula is C17H12BrFN2O3S. The quantitative estimate of drug-likeness (QED) is 0.607. The van der Waals surface area contributed by atoms with Gasteiger partial charge in [0.15, 0.2) is 11.3 Å². The predicted octanol–water partition coefficient (Wildman–Crippen LogP) is 2.98. The minimum absolute atomic E-state index is 0.0521. The molecule has 0 radical (unpaired) electrons. The molecule has 1 aromatic heterocycles. The number of carbonyl (C=O) groups excluding carboxylic acids is 3. The highest BCUT2D eigenvalue weighted by Gasteiger charge is 2.47. The van der Waals surface area contributed by atoms with Gasteiger partial charge < -0.3 is 5.32 Å². The molecule has 1 unspecified atom stereocenters. The van der Waals surface area contributed by atoms with Gasteiger partial charge in [-0.2, -0.15) is 0 Å². The maximum Gasteiger partial charge on any atom is 0.252 e. The van der Waals surface area contributed by atoms with Crippen molar-refractivity contribution in [2.75, 3.05) is 5.75 Å². The first-order valence-corrected chi connectivity index (χ1v) is 9.04. The number of aromatic nitrogens is 1. The van der Waals surface area contributed by atoms with Crippen molar-refractivity contribution >= 4 is 44.5 Å². The Bertz CT molecular complexity index is 870. The molecular weight excluding hydrogens is 411 g/mol. The van der Waals surface area contributed by atoms with E-state index in [2.05, 4.69) is 26.2 Å². The molecule has 0 spiro atoms. The molecule has 5 nitrogen and oxygen atoms in total. The zero-order chi connectivity index (χ0) is 18.2. The van der Waals surface area contributed by atoms with Gasteiger partial charge >= 0.3 is 0 Å². The number of halogens is 2. The molecule has 1 aliphatic heterocycles. The van der Waals surface area contributed by atoms with Crippen molar-refractivity contribution in [1.82, 2.24) is 10.3 Å². The van der Waals surface area contributed by atoms with Crippen LogP contribution in [0.1, 0.15) is 17.3 Å². The van der Waals surface area contributed by atoms with Gasteiger partial charge in [-0.15, -0.1) is 0 Å². The van der Waals surface area contributed by atoms with E-state index < -0.39 is 11.4 Å². The number of ketones is 1. The van der Waals surface area contributed by atoms with E-state index in [1.807, 2.05) is 0 Å². The van der Waals surface area contributed by atoms with E-state index in [1.54, 1.807) is 12.1 Å². The van der Waals surface area contributed by atoms with Crippen molar-refractivity contribution in [2.24, 2.45) is 0 Å². The summed E-state index contributed by atoms with van der Waals surface area (Å²) in [4.78, 5) is 40.7. The Morgan fingerprint density at radius 3 is 2.56 bits per heavy atom. The molecule has 2 aromatic rings. The zero-order valence-electron chi connectivity index (χ0n) is 13.0. The highest BCUT2D eigenvalue weighted by Crippen LogP contribution is 2.27. The lowest BCUT2D eigenvalue weighted by Gasteiger charge is -2.21. The van der Waals surface area contributed by atoms with Crippen LogP contribution < -0.4 is 5.32 Å². The van der Waals surface area contributed by atoms with E-state index in [-0.39, 0.29) is 28.0 Å². The fourth-order valence-electron chi connectivity index (χ4n) is 2.35. The van der Waals surface area contributed by atoms with Gasteiger partial charge in [-0.25, -0.2) is 9.37 Å². The molecule has 0 bridgehead atoms. The van der Waals surface area contributed by atoms with Crippen LogP contribution in [-0.4, -0.2) is 33.1 Å². The monoisotopic (exact) mass is 422 g/mol. The fraction of sp³-hybridized carbons (Fsp3) is 0.176. The number of amides is 1. The van der Waals surface area contributed by atoms with Crippen LogP contribution in [0.3, 0.4) is 0 Å². The number of carbonyl (C=O) groups is 3. The molecule has 128 valence electrons. The highest BCUT2D eigenvalue weighted by atomic mass is 79.9. The third-order valence-corrected chi connectivity index (χ3v) is 5.34. The maximum atomic E-state index is 13.1. The number of Topliss-reactive ketones (excluding diaryl/α,β-unsaturated/α-hetero) is 1. The maximum absolute atomic E-state index is 13.1. The minimum Gasteiger partial charge on any atom is -0.333 e. The van der Waals surface area contributed by atoms with Crippen LogP contribution in [0.15, 0.2) is 41.0 Å². The topological polar surface area (TPSA) is 76.1 Å². The van der Waals surface area contributed by atoms with Gasteiger partial charge in [0.05, 0.1) is 11.4 Å². The molecule has 8 heteroatoms. The predicted molar refractivity (Wildman–Crippen MR) is 95.7 cm³/mol. The summed E-state index contributed by atoms with van der Waals surface area (Å²) in [5, 5.41) is 2.14. The average molecular weight is 423 g/mol. The number of pyridine rings is 1. The van der Waals surface area contributed by atoms with Crippen molar-refractivity contribution in [3.8, 4) is 11.3 Å². The zero-order valence-corrected chi connectivity index (χ0v) is 15.4. The fourth-order valence-corrected chi connectivity index (χ4v) is 3.79. The molecule has 1 aromatic carbocycles. The van der Waals surface area contributed by atoms with Crippen molar-refractivity contribution in [3.63, 3.8) is 0 Å². The Labute approximate surface area is 155 Å². The lowest BCUT2D eigenvalue weighted by molar-refractivity contribution is -0.127. The van der Waals surface area contributed by atoms with E-state index in [4.69, 9.17) is 0 Å². The Morgan fingerprint density at radius 2 is 1.96 bits per heavy atom. The number of nitrogens with one attached hydrogen (secondary N) is 1. The molecule has 0 aliphatic carbocycles. The first-order valence-electron chi connectivity index (χ1n) is 7.26. The van der Waals surface area contributed by atoms with Crippen LogP contribution in [0.25, 0.3) is 11.3 Å². The largest absolute Gasteiger partial charge is 0.333 e. The van der Waals surface area contributed by atoms with E-state index in [9.17, 15) is 18.8 Å². The molecule has 0 saturated carbocycles. The van der Waals surface area contributed by atoms with Crippen molar-refractivity contribution in [2.45, 2.75) is 12.5 Å². The lowest BCUT2D eigenvalue weighted by atomic mass is 9.99. The third-order valence-electron chi connectivity index (χ3n) is 3.86. The molecule has 1 fully saturated rings. The SMILES string of the molecule is CC1(NC(=O)c2cc(Br)nc(-c3ccc(F)cc3)c2)C(=O)CSC1=O. The number of hydrogen-bond acceptors (Lipinski definition) is 5. The summed E-state index contributed by atoms with van der Waals surface area (Å²) in [5.41, 5.74) is -0.192. The molecule has 3 rings (SSSR count). The van der Waals surface area contributed by atoms with Crippen LogP contribution in [0.4, 0.5) is 4.39 Å². The molecule has 1 saturated heterocycles. The van der Waals surface area contributed by atoms with E-state index >= 15 is 0 Å². The molecule has 2 heterocycles. The Morgan fingerprint density at radius 1 is 1.28 bits per heavy atom. The summed E-state index contributed by atoms with van der Waals surface area (Å²) in [6, 6.07) is 8.70. The first kappa shape index (κ1) is 17.8. The summed E-state index contributed by atoms with van der Waals surface area (Å²) in [5.74, 6) is -1.21. The van der Waals surface area contributed by atoms with Gasteiger partial charge in [0.25, 0.3) is 5.91 Å². The summed E-state index contributed by atoms with van der Waals surface area (Å²) in [7, 11) is 0. The Hall–Kier alpha value is -2.06. The smallest absolute Gasteiger partial charge is 0.252 e. The number of thioether (sulfide) groups is 1. The van der Waals surface area contributed by atoms with Crippen molar-refractivity contribution < 1.29 is 18.8 Å². The second kappa shape index (κ2) is 6.68. The molecule has 1 aliphatic rings. The van der Waals surface area contributed by atoms with Gasteiger partial charge in [0.1, 0.15) is 10.4 Å². The van der Waals surface area contributed by atoms with Gasteiger partial charge in [-0.05, 0) is 59.3 Å². The van der Waals surface area contributed by atoms with Gasteiger partial charge in [0.2, 0.25) is 5.12 Å². The number of benzene rings is 1. The Kier molecular flexibility index (Phi) is 4.75. The summed E-state index contributed by atoms with van der Waals surface area (Å²) < 4.78 is 13.5. The summed E-state index contributed by atoms with van der Waals surface area (Å²) in [6.07, 6.45) is 0. The second-order valence-electron chi connectivity index (χ2n) is 5.65. The van der Waals surface area contributed by atoms with Gasteiger partial charge in [-0.1, -0.05) is 11.8 Å². The standard InChI is InChI=1S/C17H12BrFN2O3S/c1-17(13(22)8-25-16(17)24)21-15(23)10-6-12(20-14(18)7-10)9-2-4-11(19)5-3-9/h2-7H,8H2,1H3,(H,21,23). The van der Waals surface area contributed by atoms with E-state index in [0.717, 1.165) is 11.8 Å². The third kappa shape index (κ3) is 3.50. The van der Waals surface area contributed by atoms with E-state index in [0.29, 0.717) is 15.9 Å². The number of rotatable bonds is 3.